The number of sulfonamides is 1. The number of carbonyl (C=O) groups excluding carboxylic acids is 2. The molecule has 0 aromatic heterocycles. The number of para-hydroxylation sites is 1. The molecule has 0 bridgehead atoms. The number of nitrogens with zero attached hydrogens (tertiary/aromatic N) is 2. The number of hydrogen-bond donors (Lipinski definition) is 1. The number of amides is 2. The molecule has 7 nitrogen and oxygen atoms in total. The first-order valence-corrected chi connectivity index (χ1v) is 14.9. The maximum absolute atomic E-state index is 13.9. The summed E-state index contributed by atoms with van der Waals surface area (Å²) in [5.41, 5.74) is 1.72. The van der Waals surface area contributed by atoms with Gasteiger partial charge >= 0.3 is 0 Å². The topological polar surface area (TPSA) is 86.8 Å². The predicted octanol–water partition coefficient (Wildman–Crippen LogP) is 5.46. The zero-order valence-corrected chi connectivity index (χ0v) is 24.6. The summed E-state index contributed by atoms with van der Waals surface area (Å²) >= 11 is 12.8. The van der Waals surface area contributed by atoms with E-state index in [-0.39, 0.29) is 24.3 Å². The summed E-state index contributed by atoms with van der Waals surface area (Å²) in [5.74, 6) is -0.608. The van der Waals surface area contributed by atoms with E-state index in [0.717, 1.165) is 16.1 Å². The molecule has 2 aromatic carbocycles. The third-order valence-electron chi connectivity index (χ3n) is 5.97. The lowest BCUT2D eigenvalue weighted by Gasteiger charge is -2.34. The molecule has 204 valence electrons. The third-order valence-corrected chi connectivity index (χ3v) is 7.80. The SMILES string of the molecule is CCC(C(=O)NCC(C)C)N(Cc1c(Cl)cccc1Cl)C(=O)CN(c1ccccc1C(C)C)S(C)(=O)=O. The van der Waals surface area contributed by atoms with Crippen molar-refractivity contribution in [1.29, 1.82) is 0 Å². The number of nitrogens with one attached hydrogen (secondary N) is 1. The first kappa shape index (κ1) is 30.9. The monoisotopic (exact) mass is 569 g/mol. The van der Waals surface area contributed by atoms with E-state index >= 15 is 0 Å². The van der Waals surface area contributed by atoms with Gasteiger partial charge in [0.15, 0.2) is 0 Å². The molecule has 0 radical (unpaired) electrons. The minimum absolute atomic E-state index is 0.0267. The number of benzene rings is 2. The Morgan fingerprint density at radius 2 is 1.57 bits per heavy atom. The predicted molar refractivity (Wildman–Crippen MR) is 152 cm³/mol. The fraction of sp³-hybridized carbons (Fsp3) is 0.481. The highest BCUT2D eigenvalue weighted by Crippen LogP contribution is 2.30. The van der Waals surface area contributed by atoms with Crippen LogP contribution in [0, 0.1) is 5.92 Å². The molecule has 0 aliphatic rings. The lowest BCUT2D eigenvalue weighted by Crippen LogP contribution is -2.52. The van der Waals surface area contributed by atoms with Gasteiger partial charge in [-0.25, -0.2) is 8.42 Å². The van der Waals surface area contributed by atoms with Gasteiger partial charge in [-0.3, -0.25) is 13.9 Å². The van der Waals surface area contributed by atoms with Crippen molar-refractivity contribution in [3.05, 3.63) is 63.6 Å². The molecule has 10 heteroatoms. The van der Waals surface area contributed by atoms with E-state index in [0.29, 0.717) is 34.3 Å². The summed E-state index contributed by atoms with van der Waals surface area (Å²) in [6.07, 6.45) is 1.39. The standard InChI is InChI=1S/C27H37Cl2N3O4S/c1-7-24(27(34)30-15-18(2)3)31(16-21-22(28)12-10-13-23(21)29)26(33)17-32(37(6,35)36)25-14-9-8-11-20(25)19(4)5/h8-14,18-19,24H,7,15-17H2,1-6H3,(H,30,34). The van der Waals surface area contributed by atoms with Gasteiger partial charge in [0.05, 0.1) is 11.9 Å². The Kier molecular flexibility index (Phi) is 11.3. The van der Waals surface area contributed by atoms with Gasteiger partial charge in [0, 0.05) is 28.7 Å². The maximum Gasteiger partial charge on any atom is 0.244 e. The highest BCUT2D eigenvalue weighted by molar-refractivity contribution is 7.92. The van der Waals surface area contributed by atoms with Crippen LogP contribution in [0.5, 0.6) is 0 Å². The minimum Gasteiger partial charge on any atom is -0.354 e. The normalized spacial score (nSPS) is 12.5. The number of rotatable bonds is 12. The lowest BCUT2D eigenvalue weighted by molar-refractivity contribution is -0.140. The van der Waals surface area contributed by atoms with Crippen molar-refractivity contribution < 1.29 is 18.0 Å². The van der Waals surface area contributed by atoms with Gasteiger partial charge in [0.25, 0.3) is 0 Å². The fourth-order valence-electron chi connectivity index (χ4n) is 3.99. The third kappa shape index (κ3) is 8.35. The highest BCUT2D eigenvalue weighted by Gasteiger charge is 2.33. The molecule has 2 rings (SSSR count). The molecule has 2 aromatic rings. The molecule has 0 fully saturated rings. The van der Waals surface area contributed by atoms with Gasteiger partial charge in [-0.05, 0) is 42.0 Å². The Morgan fingerprint density at radius 1 is 0.973 bits per heavy atom. The van der Waals surface area contributed by atoms with Crippen LogP contribution in [0.4, 0.5) is 5.69 Å². The van der Waals surface area contributed by atoms with Crippen molar-refractivity contribution in [1.82, 2.24) is 10.2 Å². The van der Waals surface area contributed by atoms with Crippen LogP contribution < -0.4 is 9.62 Å². The average molecular weight is 571 g/mol. The maximum atomic E-state index is 13.9. The summed E-state index contributed by atoms with van der Waals surface area (Å²) in [5, 5.41) is 3.60. The zero-order chi connectivity index (χ0) is 27.9. The van der Waals surface area contributed by atoms with Crippen LogP contribution >= 0.6 is 23.2 Å². The van der Waals surface area contributed by atoms with Crippen LogP contribution in [0.1, 0.15) is 58.1 Å². The van der Waals surface area contributed by atoms with Crippen molar-refractivity contribution in [2.75, 3.05) is 23.7 Å². The first-order valence-electron chi connectivity index (χ1n) is 12.3. The molecule has 0 aliphatic carbocycles. The Bertz CT molecular complexity index is 1180. The molecule has 0 heterocycles. The number of carbonyl (C=O) groups is 2. The summed E-state index contributed by atoms with van der Waals surface area (Å²) in [6.45, 7) is 9.59. The second-order valence-electron chi connectivity index (χ2n) is 9.77. The number of hydrogen-bond acceptors (Lipinski definition) is 4. The number of anilines is 1. The van der Waals surface area contributed by atoms with Crippen LogP contribution in [0.25, 0.3) is 0 Å². The zero-order valence-electron chi connectivity index (χ0n) is 22.3. The number of halogens is 2. The first-order chi connectivity index (χ1) is 17.3. The van der Waals surface area contributed by atoms with Crippen molar-refractivity contribution in [3.63, 3.8) is 0 Å². The van der Waals surface area contributed by atoms with E-state index in [9.17, 15) is 18.0 Å². The molecule has 1 N–H and O–H groups in total. The van der Waals surface area contributed by atoms with Crippen LogP contribution in [0.2, 0.25) is 10.0 Å². The van der Waals surface area contributed by atoms with E-state index < -0.39 is 28.5 Å². The molecule has 1 unspecified atom stereocenters. The molecule has 0 spiro atoms. The fourth-order valence-corrected chi connectivity index (χ4v) is 5.38. The average Bonchev–Trinajstić information content (AvgIpc) is 2.81. The minimum atomic E-state index is -3.83. The van der Waals surface area contributed by atoms with Crippen molar-refractivity contribution in [2.24, 2.45) is 5.92 Å². The van der Waals surface area contributed by atoms with E-state index in [1.165, 1.54) is 4.90 Å². The summed E-state index contributed by atoms with van der Waals surface area (Å²) < 4.78 is 26.9. The second-order valence-corrected chi connectivity index (χ2v) is 12.5. The van der Waals surface area contributed by atoms with Crippen molar-refractivity contribution in [2.45, 2.75) is 59.5 Å². The van der Waals surface area contributed by atoms with Crippen molar-refractivity contribution in [3.8, 4) is 0 Å². The molecule has 0 saturated heterocycles. The van der Waals surface area contributed by atoms with Crippen LogP contribution in [-0.4, -0.2) is 50.5 Å². The second kappa shape index (κ2) is 13.5. The molecule has 1 atom stereocenters. The summed E-state index contributed by atoms with van der Waals surface area (Å²) in [7, 11) is -3.83. The molecule has 0 aliphatic heterocycles. The van der Waals surface area contributed by atoms with Crippen LogP contribution in [0.15, 0.2) is 42.5 Å². The quantitative estimate of drug-likeness (QED) is 0.367. The largest absolute Gasteiger partial charge is 0.354 e. The van der Waals surface area contributed by atoms with Crippen LogP contribution in [0.3, 0.4) is 0 Å². The van der Waals surface area contributed by atoms with E-state index in [2.05, 4.69) is 5.32 Å². The van der Waals surface area contributed by atoms with Gasteiger partial charge in [0.1, 0.15) is 12.6 Å². The molecular weight excluding hydrogens is 533 g/mol. The molecule has 2 amide bonds. The van der Waals surface area contributed by atoms with Gasteiger partial charge in [-0.15, -0.1) is 0 Å². The van der Waals surface area contributed by atoms with E-state index in [1.54, 1.807) is 37.3 Å². The summed E-state index contributed by atoms with van der Waals surface area (Å²) in [4.78, 5) is 28.4. The Morgan fingerprint density at radius 3 is 2.08 bits per heavy atom. The molecule has 0 saturated carbocycles. The van der Waals surface area contributed by atoms with Gasteiger partial charge < -0.3 is 10.2 Å². The van der Waals surface area contributed by atoms with Gasteiger partial charge in [0.2, 0.25) is 21.8 Å². The Hall–Kier alpha value is -2.29. The Labute approximate surface area is 231 Å². The summed E-state index contributed by atoms with van der Waals surface area (Å²) in [6, 6.07) is 11.3. The smallest absolute Gasteiger partial charge is 0.244 e. The molecule has 37 heavy (non-hydrogen) atoms. The van der Waals surface area contributed by atoms with Gasteiger partial charge in [-0.1, -0.05) is 82.1 Å². The van der Waals surface area contributed by atoms with Crippen LogP contribution in [-0.2, 0) is 26.2 Å². The van der Waals surface area contributed by atoms with E-state index in [1.807, 2.05) is 39.8 Å². The van der Waals surface area contributed by atoms with E-state index in [4.69, 9.17) is 23.2 Å². The van der Waals surface area contributed by atoms with Crippen molar-refractivity contribution >= 4 is 50.7 Å². The molecular formula is C27H37Cl2N3O4S. The lowest BCUT2D eigenvalue weighted by atomic mass is 10.0. The Balaban J connectivity index is 2.55. The highest BCUT2D eigenvalue weighted by atomic mass is 35.5. The van der Waals surface area contributed by atoms with Gasteiger partial charge in [-0.2, -0.15) is 0 Å².